The van der Waals surface area contributed by atoms with E-state index in [1.54, 1.807) is 24.3 Å². The molecule has 8 heteroatoms. The Hall–Kier alpha value is -2.61. The highest BCUT2D eigenvalue weighted by Crippen LogP contribution is 2.30. The molecule has 1 fully saturated rings. The van der Waals surface area contributed by atoms with Crippen molar-refractivity contribution in [1.29, 1.82) is 0 Å². The van der Waals surface area contributed by atoms with E-state index in [4.69, 9.17) is 16.3 Å². The molecule has 3 aromatic rings. The fourth-order valence-corrected chi connectivity index (χ4v) is 4.13. The fourth-order valence-electron chi connectivity index (χ4n) is 3.96. The molecule has 1 aromatic heterocycles. The second-order valence-electron chi connectivity index (χ2n) is 8.30. The molecule has 34 heavy (non-hydrogen) atoms. The van der Waals surface area contributed by atoms with Crippen molar-refractivity contribution < 1.29 is 17.9 Å². The molecule has 0 spiro atoms. The zero-order valence-electron chi connectivity index (χ0n) is 18.7. The van der Waals surface area contributed by atoms with Crippen molar-refractivity contribution in [3.8, 4) is 0 Å². The highest BCUT2D eigenvalue weighted by atomic mass is 35.5. The summed E-state index contributed by atoms with van der Waals surface area (Å²) in [4.78, 5) is 7.06. The van der Waals surface area contributed by atoms with Crippen molar-refractivity contribution in [2.24, 2.45) is 0 Å². The van der Waals surface area contributed by atoms with Gasteiger partial charge in [0.1, 0.15) is 0 Å². The minimum absolute atomic E-state index is 0.463. The number of alkyl halides is 3. The predicted octanol–water partition coefficient (Wildman–Crippen LogP) is 6.60. The Morgan fingerprint density at radius 3 is 2.65 bits per heavy atom. The van der Waals surface area contributed by atoms with Gasteiger partial charge in [-0.1, -0.05) is 29.8 Å². The molecule has 2 aromatic carbocycles. The Kier molecular flexibility index (Phi) is 8.08. The summed E-state index contributed by atoms with van der Waals surface area (Å²) in [6.07, 6.45) is 1.10. The Balaban J connectivity index is 1.46. The van der Waals surface area contributed by atoms with Crippen LogP contribution in [-0.4, -0.2) is 49.3 Å². The molecule has 0 saturated carbocycles. The van der Waals surface area contributed by atoms with Gasteiger partial charge in [0.2, 0.25) is 0 Å². The zero-order valence-corrected chi connectivity index (χ0v) is 19.5. The summed E-state index contributed by atoms with van der Waals surface area (Å²) in [6, 6.07) is 12.7. The van der Waals surface area contributed by atoms with Crippen molar-refractivity contribution in [1.82, 2.24) is 9.88 Å². The molecule has 4 rings (SSSR count). The molecule has 0 amide bonds. The molecule has 4 nitrogen and oxygen atoms in total. The minimum Gasteiger partial charge on any atom is -0.384 e. The molecule has 1 aliphatic rings. The average molecular weight is 490 g/mol. The van der Waals surface area contributed by atoms with Gasteiger partial charge in [0.25, 0.3) is 0 Å². The number of nitrogens with zero attached hydrogens (tertiary/aromatic N) is 2. The van der Waals surface area contributed by atoms with Gasteiger partial charge < -0.3 is 10.1 Å². The van der Waals surface area contributed by atoms with Crippen molar-refractivity contribution >= 4 is 40.3 Å². The summed E-state index contributed by atoms with van der Waals surface area (Å²) < 4.78 is 44.4. The van der Waals surface area contributed by atoms with Crippen LogP contribution in [-0.2, 0) is 10.9 Å². The van der Waals surface area contributed by atoms with Crippen molar-refractivity contribution in [2.45, 2.75) is 19.0 Å². The monoisotopic (exact) mass is 489 g/mol. The van der Waals surface area contributed by atoms with E-state index in [1.165, 1.54) is 6.07 Å². The van der Waals surface area contributed by atoms with Gasteiger partial charge in [-0.05, 0) is 67.4 Å². The maximum atomic E-state index is 13.0. The van der Waals surface area contributed by atoms with Gasteiger partial charge in [0.15, 0.2) is 0 Å². The first-order valence-corrected chi connectivity index (χ1v) is 11.8. The van der Waals surface area contributed by atoms with Crippen LogP contribution in [0.4, 0.5) is 18.9 Å². The van der Waals surface area contributed by atoms with Crippen LogP contribution in [0.25, 0.3) is 23.1 Å². The smallest absolute Gasteiger partial charge is 0.384 e. The van der Waals surface area contributed by atoms with Gasteiger partial charge >= 0.3 is 6.18 Å². The van der Waals surface area contributed by atoms with E-state index >= 15 is 0 Å². The van der Waals surface area contributed by atoms with Crippen LogP contribution in [0.3, 0.4) is 0 Å². The molecule has 2 heterocycles. The molecule has 1 saturated heterocycles. The van der Waals surface area contributed by atoms with E-state index in [0.717, 1.165) is 81.0 Å². The van der Waals surface area contributed by atoms with E-state index in [2.05, 4.69) is 15.2 Å². The van der Waals surface area contributed by atoms with E-state index in [-0.39, 0.29) is 0 Å². The van der Waals surface area contributed by atoms with E-state index in [1.807, 2.05) is 18.2 Å². The predicted molar refractivity (Wildman–Crippen MR) is 132 cm³/mol. The summed E-state index contributed by atoms with van der Waals surface area (Å²) in [5.74, 6) is 0. The van der Waals surface area contributed by atoms with Crippen LogP contribution in [0.15, 0.2) is 48.5 Å². The summed E-state index contributed by atoms with van der Waals surface area (Å²) in [7, 11) is 0. The van der Waals surface area contributed by atoms with E-state index < -0.39 is 11.7 Å². The molecule has 0 radical (unpaired) electrons. The molecule has 0 unspecified atom stereocenters. The number of morpholine rings is 1. The Morgan fingerprint density at radius 2 is 1.85 bits per heavy atom. The quantitative estimate of drug-likeness (QED) is 0.362. The number of ether oxygens (including phenoxy) is 1. The van der Waals surface area contributed by atoms with Crippen molar-refractivity contribution in [3.63, 3.8) is 0 Å². The summed E-state index contributed by atoms with van der Waals surface area (Å²) in [5, 5.41) is 5.03. The molecular weight excluding hydrogens is 463 g/mol. The Bertz CT molecular complexity index is 1140. The number of fused-ring (bicyclic) bond motifs is 1. The highest BCUT2D eigenvalue weighted by molar-refractivity contribution is 6.31. The molecule has 0 bridgehead atoms. The first kappa shape index (κ1) is 24.5. The third kappa shape index (κ3) is 6.72. The number of rotatable bonds is 8. The summed E-state index contributed by atoms with van der Waals surface area (Å²) in [5.41, 5.74) is 2.12. The molecule has 1 N–H and O–H groups in total. The number of anilines is 1. The van der Waals surface area contributed by atoms with Gasteiger partial charge in [-0.2, -0.15) is 13.2 Å². The van der Waals surface area contributed by atoms with Crippen LogP contribution < -0.4 is 5.32 Å². The standard InChI is InChI=1S/C26H27ClF3N3O/c27-21-7-9-24-23(17-21)25(31-10-1-2-11-33-12-14-34-15-13-33)18-22(32-24)8-6-19-4-3-5-20(16-19)26(28,29)30/h3-9,16-18H,1-2,10-15H2,(H,31,32)/b8-6+. The van der Waals surface area contributed by atoms with Crippen molar-refractivity contribution in [3.05, 3.63) is 70.4 Å². The fraction of sp³-hybridized carbons (Fsp3) is 0.346. The number of nitrogens with one attached hydrogen (secondary N) is 1. The molecule has 180 valence electrons. The minimum atomic E-state index is -4.37. The van der Waals surface area contributed by atoms with Crippen molar-refractivity contribution in [2.75, 3.05) is 44.7 Å². The maximum absolute atomic E-state index is 13.0. The lowest BCUT2D eigenvalue weighted by Gasteiger charge is -2.26. The Labute approximate surface area is 202 Å². The van der Waals surface area contributed by atoms with Gasteiger partial charge in [0.05, 0.1) is 30.0 Å². The number of hydrogen-bond acceptors (Lipinski definition) is 4. The van der Waals surface area contributed by atoms with Gasteiger partial charge in [-0.15, -0.1) is 0 Å². The van der Waals surface area contributed by atoms with Gasteiger partial charge in [0, 0.05) is 35.7 Å². The molecular formula is C26H27ClF3N3O. The number of benzene rings is 2. The second kappa shape index (κ2) is 11.2. The summed E-state index contributed by atoms with van der Waals surface area (Å²) >= 11 is 6.22. The molecule has 0 atom stereocenters. The highest BCUT2D eigenvalue weighted by Gasteiger charge is 2.30. The number of hydrogen-bond donors (Lipinski definition) is 1. The Morgan fingerprint density at radius 1 is 1.03 bits per heavy atom. The lowest BCUT2D eigenvalue weighted by molar-refractivity contribution is -0.137. The second-order valence-corrected chi connectivity index (χ2v) is 8.74. The lowest BCUT2D eigenvalue weighted by Crippen LogP contribution is -2.36. The number of halogens is 4. The maximum Gasteiger partial charge on any atom is 0.416 e. The SMILES string of the molecule is FC(F)(F)c1cccc(/C=C/c2cc(NCCCCN3CCOCC3)c3cc(Cl)ccc3n2)c1. The third-order valence-electron chi connectivity index (χ3n) is 5.77. The lowest BCUT2D eigenvalue weighted by atomic mass is 10.1. The first-order chi connectivity index (χ1) is 16.4. The normalized spacial score (nSPS) is 15.3. The number of unbranched alkanes of at least 4 members (excludes halogenated alkanes) is 1. The van der Waals surface area contributed by atoms with E-state index in [9.17, 15) is 13.2 Å². The van der Waals surface area contributed by atoms with Crippen LogP contribution >= 0.6 is 11.6 Å². The number of pyridine rings is 1. The zero-order chi connectivity index (χ0) is 24.0. The van der Waals surface area contributed by atoms with Crippen LogP contribution in [0.1, 0.15) is 29.7 Å². The van der Waals surface area contributed by atoms with Gasteiger partial charge in [-0.25, -0.2) is 4.98 Å². The molecule has 0 aliphatic carbocycles. The topological polar surface area (TPSA) is 37.4 Å². The van der Waals surface area contributed by atoms with Gasteiger partial charge in [-0.3, -0.25) is 4.90 Å². The van der Waals surface area contributed by atoms with Crippen LogP contribution in [0, 0.1) is 0 Å². The number of aromatic nitrogens is 1. The average Bonchev–Trinajstić information content (AvgIpc) is 2.83. The first-order valence-electron chi connectivity index (χ1n) is 11.4. The molecule has 1 aliphatic heterocycles. The third-order valence-corrected chi connectivity index (χ3v) is 6.01. The van der Waals surface area contributed by atoms with E-state index in [0.29, 0.717) is 16.3 Å². The summed E-state index contributed by atoms with van der Waals surface area (Å²) in [6.45, 7) is 5.44. The van der Waals surface area contributed by atoms with Crippen LogP contribution in [0.2, 0.25) is 5.02 Å². The van der Waals surface area contributed by atoms with Crippen LogP contribution in [0.5, 0.6) is 0 Å². The largest absolute Gasteiger partial charge is 0.416 e.